The van der Waals surface area contributed by atoms with Crippen molar-refractivity contribution >= 4 is 5.91 Å². The number of amides is 1. The van der Waals surface area contributed by atoms with Gasteiger partial charge in [-0.1, -0.05) is 36.4 Å². The lowest BCUT2D eigenvalue weighted by Gasteiger charge is -2.37. The van der Waals surface area contributed by atoms with Crippen LogP contribution in [-0.4, -0.2) is 55.5 Å². The molecule has 0 radical (unpaired) electrons. The number of likely N-dealkylation sites (N-methyl/N-ethyl adjacent to an activating group) is 1. The van der Waals surface area contributed by atoms with Gasteiger partial charge in [0.15, 0.2) is 0 Å². The second-order valence-electron chi connectivity index (χ2n) is 7.99. The Kier molecular flexibility index (Phi) is 7.15. The van der Waals surface area contributed by atoms with Crippen molar-refractivity contribution in [1.29, 1.82) is 0 Å². The summed E-state index contributed by atoms with van der Waals surface area (Å²) in [5, 5.41) is 2.95. The van der Waals surface area contributed by atoms with Gasteiger partial charge in [-0.2, -0.15) is 13.2 Å². The standard InChI is InChI=1S/C23H28F3N3O/c1-28-13-11-20(12-14-28)29(2)16-21(17-7-4-3-5-8-17)27-22(30)18-9-6-10-19(15-18)23(24,25)26/h3-10,15,20-21H,11-14,16H2,1-2H3,(H,27,30). The highest BCUT2D eigenvalue weighted by molar-refractivity contribution is 5.94. The minimum absolute atomic E-state index is 0.00713. The number of alkyl halides is 3. The smallest absolute Gasteiger partial charge is 0.344 e. The fraction of sp³-hybridized carbons (Fsp3) is 0.435. The molecule has 3 rings (SSSR count). The van der Waals surface area contributed by atoms with Gasteiger partial charge in [0.25, 0.3) is 5.91 Å². The summed E-state index contributed by atoms with van der Waals surface area (Å²) in [7, 11) is 4.15. The fourth-order valence-corrected chi connectivity index (χ4v) is 3.87. The van der Waals surface area contributed by atoms with Crippen LogP contribution in [0.5, 0.6) is 0 Å². The van der Waals surface area contributed by atoms with E-state index in [1.165, 1.54) is 12.1 Å². The Balaban J connectivity index is 1.75. The number of rotatable bonds is 6. The Morgan fingerprint density at radius 3 is 2.43 bits per heavy atom. The second kappa shape index (κ2) is 9.62. The summed E-state index contributed by atoms with van der Waals surface area (Å²) in [6.07, 6.45) is -2.38. The largest absolute Gasteiger partial charge is 0.416 e. The minimum Gasteiger partial charge on any atom is -0.344 e. The molecule has 0 saturated carbocycles. The highest BCUT2D eigenvalue weighted by Crippen LogP contribution is 2.29. The van der Waals surface area contributed by atoms with Crippen LogP contribution in [0, 0.1) is 0 Å². The number of hydrogen-bond acceptors (Lipinski definition) is 3. The van der Waals surface area contributed by atoms with E-state index in [2.05, 4.69) is 22.2 Å². The van der Waals surface area contributed by atoms with Crippen molar-refractivity contribution in [3.05, 3.63) is 71.3 Å². The quantitative estimate of drug-likeness (QED) is 0.762. The lowest BCUT2D eigenvalue weighted by Crippen LogP contribution is -2.45. The van der Waals surface area contributed by atoms with E-state index in [1.807, 2.05) is 37.4 Å². The molecular formula is C23H28F3N3O. The van der Waals surface area contributed by atoms with Crippen LogP contribution in [0.1, 0.15) is 40.4 Å². The number of piperidine rings is 1. The van der Waals surface area contributed by atoms with Gasteiger partial charge in [0.05, 0.1) is 11.6 Å². The first-order chi connectivity index (χ1) is 14.2. The van der Waals surface area contributed by atoms with Crippen LogP contribution in [0.15, 0.2) is 54.6 Å². The highest BCUT2D eigenvalue weighted by Gasteiger charge is 2.31. The number of benzene rings is 2. The summed E-state index contributed by atoms with van der Waals surface area (Å²) in [6, 6.07) is 14.2. The maximum absolute atomic E-state index is 13.0. The maximum Gasteiger partial charge on any atom is 0.416 e. The zero-order valence-electron chi connectivity index (χ0n) is 17.3. The second-order valence-corrected chi connectivity index (χ2v) is 7.99. The summed E-state index contributed by atoms with van der Waals surface area (Å²) in [4.78, 5) is 17.4. The van der Waals surface area contributed by atoms with Crippen LogP contribution in [0.4, 0.5) is 13.2 Å². The Hall–Kier alpha value is -2.38. The van der Waals surface area contributed by atoms with Crippen molar-refractivity contribution in [2.24, 2.45) is 0 Å². The van der Waals surface area contributed by atoms with E-state index in [0.29, 0.717) is 12.6 Å². The molecule has 0 aromatic heterocycles. The Morgan fingerprint density at radius 2 is 1.80 bits per heavy atom. The first-order valence-electron chi connectivity index (χ1n) is 10.2. The van der Waals surface area contributed by atoms with Gasteiger partial charge in [-0.15, -0.1) is 0 Å². The van der Waals surface area contributed by atoms with Crippen LogP contribution >= 0.6 is 0 Å². The molecule has 2 aromatic carbocycles. The Morgan fingerprint density at radius 1 is 1.13 bits per heavy atom. The van der Waals surface area contributed by atoms with Crippen molar-refractivity contribution in [3.63, 3.8) is 0 Å². The van der Waals surface area contributed by atoms with Crippen LogP contribution < -0.4 is 5.32 Å². The lowest BCUT2D eigenvalue weighted by molar-refractivity contribution is -0.137. The number of likely N-dealkylation sites (tertiary alicyclic amines) is 1. The van der Waals surface area contributed by atoms with Crippen LogP contribution in [0.3, 0.4) is 0 Å². The van der Waals surface area contributed by atoms with E-state index in [-0.39, 0.29) is 11.6 Å². The van der Waals surface area contributed by atoms with E-state index in [1.54, 1.807) is 0 Å². The molecule has 162 valence electrons. The number of hydrogen-bond donors (Lipinski definition) is 1. The van der Waals surface area contributed by atoms with Crippen molar-refractivity contribution in [2.75, 3.05) is 33.7 Å². The van der Waals surface area contributed by atoms with Gasteiger partial charge in [-0.25, -0.2) is 0 Å². The molecule has 1 saturated heterocycles. The molecule has 4 nitrogen and oxygen atoms in total. The van der Waals surface area contributed by atoms with Gasteiger partial charge < -0.3 is 15.1 Å². The van der Waals surface area contributed by atoms with Crippen LogP contribution in [0.2, 0.25) is 0 Å². The van der Waals surface area contributed by atoms with Crippen molar-refractivity contribution < 1.29 is 18.0 Å². The molecule has 1 unspecified atom stereocenters. The number of carbonyl (C=O) groups is 1. The summed E-state index contributed by atoms with van der Waals surface area (Å²) in [5.74, 6) is -0.508. The maximum atomic E-state index is 13.0. The highest BCUT2D eigenvalue weighted by atomic mass is 19.4. The summed E-state index contributed by atoms with van der Waals surface area (Å²) in [5.41, 5.74) is 0.111. The molecule has 1 amide bonds. The third-order valence-electron chi connectivity index (χ3n) is 5.74. The lowest BCUT2D eigenvalue weighted by atomic mass is 10.0. The third-order valence-corrected chi connectivity index (χ3v) is 5.74. The molecule has 30 heavy (non-hydrogen) atoms. The number of carbonyl (C=O) groups excluding carboxylic acids is 1. The first-order valence-corrected chi connectivity index (χ1v) is 10.2. The summed E-state index contributed by atoms with van der Waals surface area (Å²) < 4.78 is 39.1. The van der Waals surface area contributed by atoms with Crippen LogP contribution in [0.25, 0.3) is 0 Å². The molecule has 1 fully saturated rings. The van der Waals surface area contributed by atoms with Gasteiger partial charge in [-0.3, -0.25) is 4.79 Å². The predicted molar refractivity (Wildman–Crippen MR) is 111 cm³/mol. The van der Waals surface area contributed by atoms with Gasteiger partial charge in [0, 0.05) is 18.2 Å². The van der Waals surface area contributed by atoms with Gasteiger partial charge >= 0.3 is 6.18 Å². The molecule has 2 aromatic rings. The fourth-order valence-electron chi connectivity index (χ4n) is 3.87. The molecule has 1 aliphatic rings. The molecule has 1 N–H and O–H groups in total. The molecule has 1 heterocycles. The summed E-state index contributed by atoms with van der Waals surface area (Å²) in [6.45, 7) is 2.65. The van der Waals surface area contributed by atoms with E-state index in [9.17, 15) is 18.0 Å². The number of nitrogens with one attached hydrogen (secondary N) is 1. The van der Waals surface area contributed by atoms with Gasteiger partial charge in [0.2, 0.25) is 0 Å². The molecule has 7 heteroatoms. The van der Waals surface area contributed by atoms with E-state index in [4.69, 9.17) is 0 Å². The molecule has 1 aliphatic heterocycles. The average Bonchev–Trinajstić information content (AvgIpc) is 2.73. The Labute approximate surface area is 175 Å². The van der Waals surface area contributed by atoms with Crippen molar-refractivity contribution in [1.82, 2.24) is 15.1 Å². The topological polar surface area (TPSA) is 35.6 Å². The number of halogens is 3. The van der Waals surface area contributed by atoms with E-state index < -0.39 is 17.6 Å². The zero-order chi connectivity index (χ0) is 21.7. The van der Waals surface area contributed by atoms with Crippen molar-refractivity contribution in [2.45, 2.75) is 31.1 Å². The van der Waals surface area contributed by atoms with Gasteiger partial charge in [0.1, 0.15) is 0 Å². The van der Waals surface area contributed by atoms with E-state index >= 15 is 0 Å². The summed E-state index contributed by atoms with van der Waals surface area (Å²) >= 11 is 0. The first kappa shape index (κ1) is 22.3. The third kappa shape index (κ3) is 5.83. The van der Waals surface area contributed by atoms with Crippen LogP contribution in [-0.2, 0) is 6.18 Å². The molecule has 0 bridgehead atoms. The molecular weight excluding hydrogens is 391 g/mol. The molecule has 0 spiro atoms. The predicted octanol–water partition coefficient (Wildman–Crippen LogP) is 4.20. The Bertz CT molecular complexity index is 833. The molecule has 0 aliphatic carbocycles. The SMILES string of the molecule is CN1CCC(N(C)CC(NC(=O)c2cccc(C(F)(F)F)c2)c2ccccc2)CC1. The minimum atomic E-state index is -4.48. The number of nitrogens with zero attached hydrogens (tertiary/aromatic N) is 2. The van der Waals surface area contributed by atoms with Gasteiger partial charge in [-0.05, 0) is 63.8 Å². The van der Waals surface area contributed by atoms with E-state index in [0.717, 1.165) is 43.6 Å². The average molecular weight is 419 g/mol. The monoisotopic (exact) mass is 419 g/mol. The normalized spacial score (nSPS) is 17.1. The zero-order valence-corrected chi connectivity index (χ0v) is 17.3. The van der Waals surface area contributed by atoms with Crippen molar-refractivity contribution in [3.8, 4) is 0 Å². The molecule has 1 atom stereocenters.